The van der Waals surface area contributed by atoms with Gasteiger partial charge in [0.2, 0.25) is 17.7 Å². The van der Waals surface area contributed by atoms with Crippen LogP contribution in [0.2, 0.25) is 0 Å². The van der Waals surface area contributed by atoms with Gasteiger partial charge in [-0.25, -0.2) is 0 Å². The van der Waals surface area contributed by atoms with Gasteiger partial charge < -0.3 is 23.7 Å². The van der Waals surface area contributed by atoms with E-state index in [9.17, 15) is 5.21 Å². The summed E-state index contributed by atoms with van der Waals surface area (Å²) in [6.07, 6.45) is 2.89. The second-order valence-electron chi connectivity index (χ2n) is 6.28. The molecule has 3 heterocycles. The summed E-state index contributed by atoms with van der Waals surface area (Å²) in [4.78, 5) is 0. The molecule has 7 heteroatoms. The van der Waals surface area contributed by atoms with Gasteiger partial charge in [-0.2, -0.15) is 0 Å². The van der Waals surface area contributed by atoms with Crippen LogP contribution in [0.25, 0.3) is 0 Å². The summed E-state index contributed by atoms with van der Waals surface area (Å²) in [5.74, 6) is -0.657. The minimum Gasteiger partial charge on any atom is -0.493 e. The van der Waals surface area contributed by atoms with Gasteiger partial charge in [0.15, 0.2) is 5.79 Å². The Hall–Kier alpha value is -1.41. The Labute approximate surface area is 142 Å². The normalized spacial score (nSPS) is 22.0. The fourth-order valence-electron chi connectivity index (χ4n) is 2.95. The molecule has 1 aromatic rings. The lowest BCUT2D eigenvalue weighted by Gasteiger charge is -2.43. The largest absolute Gasteiger partial charge is 0.493 e. The fourth-order valence-corrected chi connectivity index (χ4v) is 2.95. The molecule has 1 N–H and O–H groups in total. The van der Waals surface area contributed by atoms with Crippen molar-refractivity contribution in [1.82, 2.24) is 0 Å². The zero-order valence-corrected chi connectivity index (χ0v) is 14.5. The third-order valence-electron chi connectivity index (χ3n) is 4.83. The maximum Gasteiger partial charge on any atom is 0.237 e. The third kappa shape index (κ3) is 3.35. The van der Waals surface area contributed by atoms with E-state index < -0.39 is 11.6 Å². The highest BCUT2D eigenvalue weighted by molar-refractivity contribution is 5.31. The number of rotatable bonds is 5. The van der Waals surface area contributed by atoms with Crippen LogP contribution in [0.1, 0.15) is 31.0 Å². The first kappa shape index (κ1) is 17.4. The van der Waals surface area contributed by atoms with Crippen LogP contribution in [-0.4, -0.2) is 49.8 Å². The van der Waals surface area contributed by atoms with Crippen molar-refractivity contribution in [2.24, 2.45) is 0 Å². The molecule has 2 aliphatic heterocycles. The van der Waals surface area contributed by atoms with Crippen LogP contribution < -0.4 is 9.47 Å². The quantitative estimate of drug-likeness (QED) is 0.647. The van der Waals surface area contributed by atoms with Crippen molar-refractivity contribution in [3.05, 3.63) is 23.5 Å². The third-order valence-corrected chi connectivity index (χ3v) is 4.83. The highest BCUT2D eigenvalue weighted by Gasteiger charge is 2.47. The van der Waals surface area contributed by atoms with Crippen LogP contribution in [0, 0.1) is 13.8 Å². The van der Waals surface area contributed by atoms with Gasteiger partial charge in [0, 0.05) is 24.1 Å². The maximum atomic E-state index is 9.63. The lowest BCUT2D eigenvalue weighted by molar-refractivity contribution is -0.909. The smallest absolute Gasteiger partial charge is 0.237 e. The zero-order chi connectivity index (χ0) is 17.2. The average Bonchev–Trinajstić information content (AvgIpc) is 3.06. The Kier molecular flexibility index (Phi) is 4.96. The number of hydrogen-bond acceptors (Lipinski definition) is 6. The average molecular weight is 340 g/mol. The van der Waals surface area contributed by atoms with E-state index in [1.807, 2.05) is 20.8 Å². The molecule has 2 fully saturated rings. The van der Waals surface area contributed by atoms with Crippen molar-refractivity contribution in [1.29, 1.82) is 0 Å². The number of hydrogen-bond donors (Lipinski definition) is 1. The summed E-state index contributed by atoms with van der Waals surface area (Å²) in [6, 6.07) is 1.75. The summed E-state index contributed by atoms with van der Waals surface area (Å²) in [5.41, 5.74) is 1.66. The van der Waals surface area contributed by atoms with Gasteiger partial charge >= 0.3 is 0 Å². The molecule has 0 bridgehead atoms. The molecule has 24 heavy (non-hydrogen) atoms. The van der Waals surface area contributed by atoms with E-state index in [0.717, 1.165) is 28.2 Å². The van der Waals surface area contributed by atoms with Crippen LogP contribution in [0.5, 0.6) is 5.75 Å². The molecule has 0 aliphatic carbocycles. The van der Waals surface area contributed by atoms with Crippen LogP contribution in [-0.2, 0) is 18.9 Å². The van der Waals surface area contributed by atoms with Gasteiger partial charge in [0.25, 0.3) is 0 Å². The Morgan fingerprint density at radius 2 is 1.83 bits per heavy atom. The number of pyridine rings is 1. The molecule has 0 amide bonds. The molecule has 3 rings (SSSR count). The highest BCUT2D eigenvalue weighted by Crippen LogP contribution is 2.34. The van der Waals surface area contributed by atoms with Gasteiger partial charge in [-0.15, -0.1) is 0 Å². The van der Waals surface area contributed by atoms with Crippen molar-refractivity contribution in [2.45, 2.75) is 45.2 Å². The minimum atomic E-state index is -0.735. The van der Waals surface area contributed by atoms with E-state index >= 15 is 0 Å². The standard InChI is InChI=1S/C17H26NO6/c1-4-16(23-11-17(12-24-16)21-9-10-22-17)6-8-20-15-5-7-18(19)14(3)13(15)2/h5,7,19H,4,6,8-12H2,1-3H3/q+1. The van der Waals surface area contributed by atoms with Crippen LogP contribution in [0.3, 0.4) is 0 Å². The lowest BCUT2D eigenvalue weighted by Crippen LogP contribution is -2.54. The molecule has 0 saturated carbocycles. The van der Waals surface area contributed by atoms with Gasteiger partial charge in [-0.05, 0) is 13.3 Å². The Morgan fingerprint density at radius 3 is 2.46 bits per heavy atom. The molecule has 0 aromatic carbocycles. The van der Waals surface area contributed by atoms with Crippen molar-refractivity contribution in [2.75, 3.05) is 33.0 Å². The minimum absolute atomic E-state index is 0.370. The van der Waals surface area contributed by atoms with Crippen LogP contribution in [0.15, 0.2) is 12.3 Å². The Bertz CT molecular complexity index is 575. The second-order valence-corrected chi connectivity index (χ2v) is 6.28. The molecule has 2 aliphatic rings. The molecule has 0 radical (unpaired) electrons. The Balaban J connectivity index is 1.56. The molecule has 1 aromatic heterocycles. The van der Waals surface area contributed by atoms with Crippen molar-refractivity contribution in [3.63, 3.8) is 0 Å². The number of nitrogens with zero attached hydrogens (tertiary/aromatic N) is 1. The van der Waals surface area contributed by atoms with E-state index in [1.165, 1.54) is 0 Å². The monoisotopic (exact) mass is 340 g/mol. The SMILES string of the molecule is CCC1(CCOc2cc[n+](O)c(C)c2C)OCC2(CO1)OCCO2. The first-order chi connectivity index (χ1) is 11.5. The summed E-state index contributed by atoms with van der Waals surface area (Å²) in [6.45, 7) is 8.13. The fraction of sp³-hybridized carbons (Fsp3) is 0.706. The summed E-state index contributed by atoms with van der Waals surface area (Å²) in [7, 11) is 0. The predicted molar refractivity (Wildman–Crippen MR) is 83.0 cm³/mol. The van der Waals surface area contributed by atoms with E-state index in [-0.39, 0.29) is 0 Å². The molecular weight excluding hydrogens is 314 g/mol. The molecule has 0 unspecified atom stereocenters. The van der Waals surface area contributed by atoms with E-state index in [1.54, 1.807) is 12.3 Å². The van der Waals surface area contributed by atoms with Crippen molar-refractivity contribution < 1.29 is 33.6 Å². The second kappa shape index (κ2) is 6.84. The van der Waals surface area contributed by atoms with Gasteiger partial charge in [-0.3, -0.25) is 5.21 Å². The predicted octanol–water partition coefficient (Wildman–Crippen LogP) is 1.49. The van der Waals surface area contributed by atoms with E-state index in [4.69, 9.17) is 23.7 Å². The van der Waals surface area contributed by atoms with Crippen molar-refractivity contribution in [3.8, 4) is 5.75 Å². The lowest BCUT2D eigenvalue weighted by atomic mass is 10.1. The van der Waals surface area contributed by atoms with Crippen LogP contribution >= 0.6 is 0 Å². The van der Waals surface area contributed by atoms with Crippen LogP contribution in [0.4, 0.5) is 0 Å². The molecule has 134 valence electrons. The maximum absolute atomic E-state index is 9.63. The van der Waals surface area contributed by atoms with E-state index in [2.05, 4.69) is 0 Å². The highest BCUT2D eigenvalue weighted by atomic mass is 16.8. The molecular formula is C17H26NO6+. The molecule has 2 saturated heterocycles. The summed E-state index contributed by atoms with van der Waals surface area (Å²) < 4.78 is 30.1. The van der Waals surface area contributed by atoms with Gasteiger partial charge in [0.1, 0.15) is 19.0 Å². The first-order valence-electron chi connectivity index (χ1n) is 8.39. The number of ether oxygens (including phenoxy) is 5. The summed E-state index contributed by atoms with van der Waals surface area (Å²) in [5, 5.41) is 9.63. The molecule has 0 atom stereocenters. The topological polar surface area (TPSA) is 70.3 Å². The van der Waals surface area contributed by atoms with Crippen molar-refractivity contribution >= 4 is 0 Å². The van der Waals surface area contributed by atoms with Gasteiger partial charge in [-0.1, -0.05) is 6.92 Å². The molecule has 1 spiro atoms. The number of aromatic nitrogens is 1. The first-order valence-corrected chi connectivity index (χ1v) is 8.39. The zero-order valence-electron chi connectivity index (χ0n) is 14.5. The van der Waals surface area contributed by atoms with E-state index in [0.29, 0.717) is 39.5 Å². The van der Waals surface area contributed by atoms with Gasteiger partial charge in [0.05, 0.1) is 25.4 Å². The molecule has 7 nitrogen and oxygen atoms in total. The summed E-state index contributed by atoms with van der Waals surface area (Å²) >= 11 is 0. The Morgan fingerprint density at radius 1 is 1.17 bits per heavy atom.